The first-order valence-electron chi connectivity index (χ1n) is 6.88. The van der Waals surface area contributed by atoms with Crippen molar-refractivity contribution in [3.63, 3.8) is 0 Å². The molecular formula is C15H20FN3. The Labute approximate surface area is 113 Å². The standard InChI is InChI=1S/C15H20FN3/c1-10(2)11-7-15(8-11)9-18-14(17)19(15)13-6-4-3-5-12(13)16/h3-6,10-11H,7-9H2,1-2H3,(H2,17,18). The largest absolute Gasteiger partial charge is 0.369 e. The van der Waals surface area contributed by atoms with Crippen LogP contribution in [0.4, 0.5) is 10.1 Å². The predicted molar refractivity (Wildman–Crippen MR) is 75.7 cm³/mol. The molecule has 4 heteroatoms. The quantitative estimate of drug-likeness (QED) is 0.889. The van der Waals surface area contributed by atoms with E-state index < -0.39 is 0 Å². The Kier molecular flexibility index (Phi) is 2.77. The van der Waals surface area contributed by atoms with Gasteiger partial charge >= 0.3 is 0 Å². The summed E-state index contributed by atoms with van der Waals surface area (Å²) in [5.41, 5.74) is 6.47. The molecule has 19 heavy (non-hydrogen) atoms. The molecule has 1 heterocycles. The summed E-state index contributed by atoms with van der Waals surface area (Å²) in [6.07, 6.45) is 2.09. The molecule has 1 spiro atoms. The number of aliphatic imine (C=N–C) groups is 1. The van der Waals surface area contributed by atoms with Crippen LogP contribution in [0.1, 0.15) is 26.7 Å². The third-order valence-electron chi connectivity index (χ3n) is 4.56. The van der Waals surface area contributed by atoms with Gasteiger partial charge in [-0.05, 0) is 36.8 Å². The Morgan fingerprint density at radius 3 is 2.68 bits per heavy atom. The SMILES string of the molecule is CC(C)C1CC2(CN=C(N)N2c2ccccc2F)C1. The molecule has 1 aliphatic carbocycles. The van der Waals surface area contributed by atoms with E-state index in [1.54, 1.807) is 12.1 Å². The van der Waals surface area contributed by atoms with Crippen LogP contribution in [0.15, 0.2) is 29.3 Å². The molecule has 1 aromatic carbocycles. The summed E-state index contributed by atoms with van der Waals surface area (Å²) in [4.78, 5) is 6.28. The second kappa shape index (κ2) is 4.22. The van der Waals surface area contributed by atoms with Gasteiger partial charge in [0.25, 0.3) is 0 Å². The number of halogens is 1. The molecule has 2 N–H and O–H groups in total. The average molecular weight is 261 g/mol. The molecule has 1 aromatic rings. The van der Waals surface area contributed by atoms with Gasteiger partial charge in [-0.25, -0.2) is 4.39 Å². The van der Waals surface area contributed by atoms with Gasteiger partial charge in [0.15, 0.2) is 5.96 Å². The molecule has 2 aliphatic rings. The molecule has 0 radical (unpaired) electrons. The average Bonchev–Trinajstić information content (AvgIpc) is 2.66. The van der Waals surface area contributed by atoms with Crippen LogP contribution < -0.4 is 10.6 Å². The van der Waals surface area contributed by atoms with Gasteiger partial charge in [0.1, 0.15) is 5.82 Å². The Morgan fingerprint density at radius 1 is 1.37 bits per heavy atom. The first kappa shape index (κ1) is 12.5. The van der Waals surface area contributed by atoms with Crippen LogP contribution in [0.3, 0.4) is 0 Å². The van der Waals surface area contributed by atoms with Crippen LogP contribution in [0.25, 0.3) is 0 Å². The van der Waals surface area contributed by atoms with Crippen LogP contribution in [-0.2, 0) is 0 Å². The fraction of sp³-hybridized carbons (Fsp3) is 0.533. The van der Waals surface area contributed by atoms with Gasteiger partial charge in [-0.2, -0.15) is 0 Å². The molecule has 102 valence electrons. The summed E-state index contributed by atoms with van der Waals surface area (Å²) in [5.74, 6) is 1.58. The molecule has 0 saturated heterocycles. The smallest absolute Gasteiger partial charge is 0.196 e. The maximum atomic E-state index is 14.0. The zero-order chi connectivity index (χ0) is 13.6. The number of nitrogens with two attached hydrogens (primary N) is 1. The van der Waals surface area contributed by atoms with Gasteiger partial charge in [-0.1, -0.05) is 26.0 Å². The zero-order valence-electron chi connectivity index (χ0n) is 11.4. The monoisotopic (exact) mass is 261 g/mol. The van der Waals surface area contributed by atoms with Gasteiger partial charge < -0.3 is 10.6 Å². The summed E-state index contributed by atoms with van der Waals surface area (Å²) in [6.45, 7) is 5.17. The van der Waals surface area contributed by atoms with Crippen molar-refractivity contribution in [1.29, 1.82) is 0 Å². The van der Waals surface area contributed by atoms with E-state index in [1.165, 1.54) is 6.07 Å². The lowest BCUT2D eigenvalue weighted by Gasteiger charge is -2.52. The summed E-state index contributed by atoms with van der Waals surface area (Å²) in [5, 5.41) is 0. The second-order valence-electron chi connectivity index (χ2n) is 6.10. The Hall–Kier alpha value is -1.58. The van der Waals surface area contributed by atoms with E-state index in [-0.39, 0.29) is 11.4 Å². The number of nitrogens with zero attached hydrogens (tertiary/aromatic N) is 2. The van der Waals surface area contributed by atoms with E-state index in [9.17, 15) is 4.39 Å². The lowest BCUT2D eigenvalue weighted by Crippen LogP contribution is -2.60. The van der Waals surface area contributed by atoms with Crippen molar-refractivity contribution in [1.82, 2.24) is 0 Å². The van der Waals surface area contributed by atoms with E-state index in [4.69, 9.17) is 5.73 Å². The maximum absolute atomic E-state index is 14.0. The van der Waals surface area contributed by atoms with Gasteiger partial charge in [-0.3, -0.25) is 4.99 Å². The Balaban J connectivity index is 1.91. The number of benzene rings is 1. The third-order valence-corrected chi connectivity index (χ3v) is 4.56. The molecule has 0 amide bonds. The second-order valence-corrected chi connectivity index (χ2v) is 6.10. The molecule has 1 saturated carbocycles. The summed E-state index contributed by atoms with van der Waals surface area (Å²) >= 11 is 0. The van der Waals surface area contributed by atoms with Crippen LogP contribution in [0.5, 0.6) is 0 Å². The first-order valence-corrected chi connectivity index (χ1v) is 6.88. The van der Waals surface area contributed by atoms with Crippen molar-refractivity contribution in [2.75, 3.05) is 11.4 Å². The summed E-state index contributed by atoms with van der Waals surface area (Å²) < 4.78 is 14.0. The minimum atomic E-state index is -0.227. The molecule has 0 unspecified atom stereocenters. The highest BCUT2D eigenvalue weighted by Crippen LogP contribution is 2.49. The minimum Gasteiger partial charge on any atom is -0.369 e. The van der Waals surface area contributed by atoms with Crippen LogP contribution in [0.2, 0.25) is 0 Å². The number of hydrogen-bond donors (Lipinski definition) is 1. The number of para-hydroxylation sites is 1. The van der Waals surface area contributed by atoms with Gasteiger partial charge in [0, 0.05) is 0 Å². The number of anilines is 1. The van der Waals surface area contributed by atoms with Crippen molar-refractivity contribution in [2.24, 2.45) is 22.6 Å². The molecule has 0 bridgehead atoms. The molecule has 1 aliphatic heterocycles. The topological polar surface area (TPSA) is 41.6 Å². The van der Waals surface area contributed by atoms with Crippen LogP contribution in [0, 0.1) is 17.7 Å². The van der Waals surface area contributed by atoms with Crippen molar-refractivity contribution in [3.8, 4) is 0 Å². The van der Waals surface area contributed by atoms with Crippen LogP contribution >= 0.6 is 0 Å². The lowest BCUT2D eigenvalue weighted by molar-refractivity contribution is 0.120. The predicted octanol–water partition coefficient (Wildman–Crippen LogP) is 2.77. The Bertz CT molecular complexity index is 518. The molecule has 3 nitrogen and oxygen atoms in total. The molecule has 3 rings (SSSR count). The van der Waals surface area contributed by atoms with E-state index >= 15 is 0 Å². The highest BCUT2D eigenvalue weighted by Gasteiger charge is 2.53. The number of guanidine groups is 1. The zero-order valence-corrected chi connectivity index (χ0v) is 11.4. The van der Waals surface area contributed by atoms with Crippen molar-refractivity contribution < 1.29 is 4.39 Å². The van der Waals surface area contributed by atoms with Crippen LogP contribution in [-0.4, -0.2) is 18.0 Å². The van der Waals surface area contributed by atoms with Gasteiger partial charge in [0.2, 0.25) is 0 Å². The van der Waals surface area contributed by atoms with Crippen molar-refractivity contribution >= 4 is 11.6 Å². The van der Waals surface area contributed by atoms with Crippen molar-refractivity contribution in [3.05, 3.63) is 30.1 Å². The number of rotatable bonds is 2. The normalized spacial score (nSPS) is 29.8. The summed E-state index contributed by atoms with van der Waals surface area (Å²) in [6, 6.07) is 6.81. The minimum absolute atomic E-state index is 0.0821. The highest BCUT2D eigenvalue weighted by molar-refractivity contribution is 5.98. The fourth-order valence-corrected chi connectivity index (χ4v) is 3.32. The van der Waals surface area contributed by atoms with Gasteiger partial charge in [0.05, 0.1) is 17.8 Å². The Morgan fingerprint density at radius 2 is 2.05 bits per heavy atom. The lowest BCUT2D eigenvalue weighted by atomic mass is 9.63. The first-order chi connectivity index (χ1) is 9.03. The fourth-order valence-electron chi connectivity index (χ4n) is 3.32. The van der Waals surface area contributed by atoms with Crippen molar-refractivity contribution in [2.45, 2.75) is 32.2 Å². The highest BCUT2D eigenvalue weighted by atomic mass is 19.1. The molecule has 0 atom stereocenters. The molecule has 1 fully saturated rings. The maximum Gasteiger partial charge on any atom is 0.196 e. The molecular weight excluding hydrogens is 241 g/mol. The molecule has 0 aromatic heterocycles. The van der Waals surface area contributed by atoms with E-state index in [2.05, 4.69) is 18.8 Å². The van der Waals surface area contributed by atoms with E-state index in [0.717, 1.165) is 12.8 Å². The number of hydrogen-bond acceptors (Lipinski definition) is 3. The van der Waals surface area contributed by atoms with E-state index in [1.807, 2.05) is 11.0 Å². The summed E-state index contributed by atoms with van der Waals surface area (Å²) in [7, 11) is 0. The van der Waals surface area contributed by atoms with E-state index in [0.29, 0.717) is 30.0 Å². The van der Waals surface area contributed by atoms with Gasteiger partial charge in [-0.15, -0.1) is 0 Å². The third kappa shape index (κ3) is 1.81.